The van der Waals surface area contributed by atoms with Crippen molar-refractivity contribution >= 4 is 0 Å². The molecule has 0 aliphatic heterocycles. The van der Waals surface area contributed by atoms with E-state index in [4.69, 9.17) is 8.94 Å². The van der Waals surface area contributed by atoms with E-state index >= 15 is 0 Å². The number of phenols is 1. The number of hydrogen-bond acceptors (Lipinski definition) is 2. The number of rotatable bonds is 0. The monoisotopic (exact) mass is 262 g/mol. The van der Waals surface area contributed by atoms with Crippen LogP contribution in [0.5, 0.6) is 5.75 Å². The van der Waals surface area contributed by atoms with Crippen LogP contribution < -0.4 is 37.2 Å². The molecule has 6 heteroatoms. The van der Waals surface area contributed by atoms with Crippen LogP contribution in [0.15, 0.2) is 30.3 Å². The van der Waals surface area contributed by atoms with Crippen LogP contribution >= 0.6 is 0 Å². The summed E-state index contributed by atoms with van der Waals surface area (Å²) in [6.45, 7) is 0. The Morgan fingerprint density at radius 1 is 0.917 bits per heavy atom. The van der Waals surface area contributed by atoms with Crippen molar-refractivity contribution in [3.63, 3.8) is 0 Å². The fraction of sp³-hybridized carbons (Fsp3) is 0. The molecule has 0 aromatic heterocycles. The summed E-state index contributed by atoms with van der Waals surface area (Å²) in [6.07, 6.45) is 0. The van der Waals surface area contributed by atoms with Crippen molar-refractivity contribution in [3.8, 4) is 5.75 Å². The topological polar surface area (TPSA) is 44.1 Å². The van der Waals surface area contributed by atoms with Gasteiger partial charge in [-0.15, -0.1) is 0 Å². The van der Waals surface area contributed by atoms with Crippen LogP contribution in [-0.4, -0.2) is 5.11 Å². The molecular weight excluding hydrogens is 256 g/mol. The normalized spacial score (nSPS) is 5.25. The molecule has 2 nitrogen and oxygen atoms in total. The Bertz CT molecular complexity index is 164. The van der Waals surface area contributed by atoms with Crippen molar-refractivity contribution in [1.82, 2.24) is 0 Å². The van der Waals surface area contributed by atoms with E-state index in [0.717, 1.165) is 0 Å². The zero-order valence-corrected chi connectivity index (χ0v) is 9.80. The van der Waals surface area contributed by atoms with Gasteiger partial charge in [0, 0.05) is 0 Å². The molecule has 0 heterocycles. The van der Waals surface area contributed by atoms with Crippen LogP contribution in [0, 0.1) is 3.83 Å². The first-order valence-corrected chi connectivity index (χ1v) is 3.17. The van der Waals surface area contributed by atoms with E-state index in [1.807, 2.05) is 6.07 Å². The number of para-hydroxylation sites is 1. The van der Waals surface area contributed by atoms with Crippen molar-refractivity contribution in [3.05, 3.63) is 30.3 Å². The van der Waals surface area contributed by atoms with Gasteiger partial charge in [-0.25, -0.2) is 0 Å². The molecule has 12 heavy (non-hydrogen) atoms. The molecule has 0 fully saturated rings. The Hall–Kier alpha value is 0.404. The zero-order chi connectivity index (χ0) is 7.11. The van der Waals surface area contributed by atoms with Crippen molar-refractivity contribution in [2.24, 2.45) is 0 Å². The summed E-state index contributed by atoms with van der Waals surface area (Å²) in [5.74, 6) is 0.322. The van der Waals surface area contributed by atoms with Crippen LogP contribution in [0.4, 0.5) is 0 Å². The van der Waals surface area contributed by atoms with E-state index in [9.17, 15) is 0 Å². The van der Waals surface area contributed by atoms with Gasteiger partial charge in [-0.2, -0.15) is 0 Å². The van der Waals surface area contributed by atoms with Gasteiger partial charge in [0.1, 0.15) is 5.75 Å². The predicted molar refractivity (Wildman–Crippen MR) is 30.8 cm³/mol. The van der Waals surface area contributed by atoms with Crippen molar-refractivity contribution < 1.29 is 62.6 Å². The standard InChI is InChI=1S/C6H6O.3ClH.HN.Ti/c7-6-4-2-1-3-5-6;;;;;/h1-5,7H;4*1H;/p-3. The predicted octanol–water partition coefficient (Wildman–Crippen LogP) is -7.30. The van der Waals surface area contributed by atoms with Crippen LogP contribution in [-0.2, 0) is 20.3 Å². The van der Waals surface area contributed by atoms with Gasteiger partial charge in [-0.05, 0) is 12.1 Å². The summed E-state index contributed by atoms with van der Waals surface area (Å²) in [5.41, 5.74) is 0. The van der Waals surface area contributed by atoms with Crippen molar-refractivity contribution in [1.29, 1.82) is 3.83 Å². The molecule has 70 valence electrons. The molecule has 0 aliphatic rings. The van der Waals surface area contributed by atoms with Crippen molar-refractivity contribution in [2.75, 3.05) is 0 Å². The molecule has 0 spiro atoms. The Morgan fingerprint density at radius 3 is 1.42 bits per heavy atom. The third kappa shape index (κ3) is 13.0. The maximum absolute atomic E-state index is 8.63. The second-order valence-corrected chi connectivity index (χ2v) is 1.34. The zero-order valence-electron chi connectivity index (χ0n) is 5.97. The Kier molecular flexibility index (Phi) is 33.3. The Morgan fingerprint density at radius 2 is 1.25 bits per heavy atom. The van der Waals surface area contributed by atoms with Gasteiger partial charge >= 0.3 is 24.1 Å². The summed E-state index contributed by atoms with van der Waals surface area (Å²) in [7, 11) is 0. The summed E-state index contributed by atoms with van der Waals surface area (Å²) in [5, 5.41) is 8.63. The van der Waals surface area contributed by atoms with Gasteiger partial charge in [0.25, 0.3) is 0 Å². The second-order valence-electron chi connectivity index (χ2n) is 1.34. The van der Waals surface area contributed by atoms with Crippen LogP contribution in [0.2, 0.25) is 0 Å². The average molecular weight is 263 g/mol. The maximum atomic E-state index is 8.63. The molecule has 0 radical (unpaired) electrons. The van der Waals surface area contributed by atoms with Gasteiger partial charge in [-0.3, -0.25) is 0 Å². The van der Waals surface area contributed by atoms with Gasteiger partial charge in [0.15, 0.2) is 0 Å². The van der Waals surface area contributed by atoms with Gasteiger partial charge in [0.2, 0.25) is 0 Å². The molecule has 0 aliphatic carbocycles. The van der Waals surface area contributed by atoms with Crippen LogP contribution in [0.25, 0.3) is 0 Å². The molecule has 1 aromatic rings. The number of nitrogens with one attached hydrogen (secondary N) is 1. The first-order chi connectivity index (χ1) is 4.39. The average Bonchev–Trinajstić information content (AvgIpc) is 1.94. The van der Waals surface area contributed by atoms with E-state index in [1.165, 1.54) is 20.3 Å². The van der Waals surface area contributed by atoms with Crippen molar-refractivity contribution in [2.45, 2.75) is 0 Å². The van der Waals surface area contributed by atoms with Gasteiger partial charge < -0.3 is 42.3 Å². The number of aromatic hydroxyl groups is 1. The molecule has 1 rings (SSSR count). The van der Waals surface area contributed by atoms with Gasteiger partial charge in [-0.1, -0.05) is 18.2 Å². The van der Waals surface area contributed by atoms with Gasteiger partial charge in [0.05, 0.1) is 0 Å². The summed E-state index contributed by atoms with van der Waals surface area (Å²) >= 11 is 1.25. The van der Waals surface area contributed by atoms with E-state index in [2.05, 4.69) is 0 Å². The fourth-order valence-electron chi connectivity index (χ4n) is 0.428. The van der Waals surface area contributed by atoms with E-state index in [0.29, 0.717) is 5.75 Å². The third-order valence-electron chi connectivity index (χ3n) is 0.756. The van der Waals surface area contributed by atoms with E-state index < -0.39 is 0 Å². The molecular formula is C6H7Cl3NOTi-3. The molecule has 0 bridgehead atoms. The first kappa shape index (κ1) is 22.8. The third-order valence-corrected chi connectivity index (χ3v) is 0.756. The quantitative estimate of drug-likeness (QED) is 0.449. The number of phenolic OH excluding ortho intramolecular Hbond substituents is 1. The number of halogens is 3. The van der Waals surface area contributed by atoms with Crippen LogP contribution in [0.1, 0.15) is 0 Å². The molecule has 0 atom stereocenters. The van der Waals surface area contributed by atoms with E-state index in [1.54, 1.807) is 24.3 Å². The molecule has 2 N–H and O–H groups in total. The molecule has 1 aromatic carbocycles. The molecule has 0 saturated carbocycles. The molecule has 0 amide bonds. The number of benzene rings is 1. The first-order valence-electron chi connectivity index (χ1n) is 2.38. The second kappa shape index (κ2) is 17.5. The summed E-state index contributed by atoms with van der Waals surface area (Å²) in [6, 6.07) is 8.71. The van der Waals surface area contributed by atoms with Crippen LogP contribution in [0.3, 0.4) is 0 Å². The Labute approximate surface area is 102 Å². The Balaban J connectivity index is -0.0000000600. The molecule has 0 unspecified atom stereocenters. The molecule has 0 saturated heterocycles. The number of hydrogen-bond donors (Lipinski definition) is 2. The minimum atomic E-state index is 0. The SMILES string of the molecule is Oc1ccccc1.[Cl-].[Cl-].[Cl-].[NH]=[Ti]. The minimum absolute atomic E-state index is 0. The van der Waals surface area contributed by atoms with E-state index in [-0.39, 0.29) is 37.2 Å². The fourth-order valence-corrected chi connectivity index (χ4v) is 0.428. The summed E-state index contributed by atoms with van der Waals surface area (Å²) in [4.78, 5) is 0. The summed E-state index contributed by atoms with van der Waals surface area (Å²) < 4.78 is 5.75.